The molecule has 0 atom stereocenters. The van der Waals surface area contributed by atoms with Crippen molar-refractivity contribution in [1.82, 2.24) is 0 Å². The fraction of sp³-hybridized carbons (Fsp3) is 0.139. The van der Waals surface area contributed by atoms with Gasteiger partial charge >= 0.3 is 12.4 Å². The van der Waals surface area contributed by atoms with Crippen LogP contribution in [0.3, 0.4) is 0 Å². The molecule has 0 saturated carbocycles. The van der Waals surface area contributed by atoms with Gasteiger partial charge in [0.05, 0.1) is 16.8 Å². The maximum absolute atomic E-state index is 13.9. The van der Waals surface area contributed by atoms with Gasteiger partial charge in [-0.3, -0.25) is 14.4 Å². The molecule has 6 rings (SSSR count). The number of rotatable bonds is 5. The summed E-state index contributed by atoms with van der Waals surface area (Å²) in [4.78, 5) is 35.5. The van der Waals surface area contributed by atoms with Crippen molar-refractivity contribution in [3.8, 4) is 33.8 Å². The van der Waals surface area contributed by atoms with E-state index in [1.807, 2.05) is 6.92 Å². The third-order valence-corrected chi connectivity index (χ3v) is 7.89. The van der Waals surface area contributed by atoms with Crippen molar-refractivity contribution in [2.24, 2.45) is 0 Å². The van der Waals surface area contributed by atoms with Crippen LogP contribution in [0.25, 0.3) is 33.0 Å². The van der Waals surface area contributed by atoms with Crippen LogP contribution in [0, 0.1) is 6.92 Å². The Morgan fingerprint density at radius 2 is 1.40 bits per heavy atom. The second kappa shape index (κ2) is 12.9. The third-order valence-electron chi connectivity index (χ3n) is 7.89. The first-order chi connectivity index (χ1) is 22.7. The standard InChI is InChI=1S/C35H23F6NO3.CH2O2/c1-3-20-8-10-24(11-9-20)42(18-43)33(44)26-12-13-29-32-30(26)19(2)14-27(31(32)25-6-4-5-7-28(25)45-29)21-15-22(34(36,37)38)17-23(16-21)35(39,40)41;2-1-3/h4-18H,3H2,1-2H3;1H,(H,2,3). The number of hydrogen-bond donors (Lipinski definition) is 1. The number of anilines is 1. The quantitative estimate of drug-likeness (QED) is 0.146. The number of fused-ring (bicyclic) bond motifs is 2. The molecule has 12 heteroatoms. The normalized spacial score (nSPS) is 11.9. The van der Waals surface area contributed by atoms with Crippen LogP contribution >= 0.6 is 0 Å². The van der Waals surface area contributed by atoms with Crippen molar-refractivity contribution in [3.05, 3.63) is 113 Å². The van der Waals surface area contributed by atoms with Crippen molar-refractivity contribution in [2.45, 2.75) is 32.6 Å². The fourth-order valence-electron chi connectivity index (χ4n) is 5.75. The van der Waals surface area contributed by atoms with E-state index in [0.29, 0.717) is 57.4 Å². The Morgan fingerprint density at radius 1 is 0.792 bits per heavy atom. The molecule has 1 N–H and O–H groups in total. The average Bonchev–Trinajstić information content (AvgIpc) is 3.05. The lowest BCUT2D eigenvalue weighted by Gasteiger charge is -2.27. The van der Waals surface area contributed by atoms with Crippen molar-refractivity contribution < 1.29 is 50.6 Å². The van der Waals surface area contributed by atoms with Crippen LogP contribution in [0.4, 0.5) is 32.0 Å². The molecule has 0 unspecified atom stereocenters. The average molecular weight is 666 g/mol. The smallest absolute Gasteiger partial charge is 0.416 e. The van der Waals surface area contributed by atoms with E-state index in [1.165, 1.54) is 18.2 Å². The van der Waals surface area contributed by atoms with E-state index in [2.05, 4.69) is 0 Å². The van der Waals surface area contributed by atoms with Gasteiger partial charge in [-0.1, -0.05) is 43.3 Å². The highest BCUT2D eigenvalue weighted by atomic mass is 19.4. The Labute approximate surface area is 269 Å². The Kier molecular flexibility index (Phi) is 9.03. The van der Waals surface area contributed by atoms with Crippen LogP contribution in [-0.4, -0.2) is 23.9 Å². The number of alkyl halides is 6. The third kappa shape index (κ3) is 6.20. The molecule has 0 spiro atoms. The molecule has 0 bridgehead atoms. The summed E-state index contributed by atoms with van der Waals surface area (Å²) in [5, 5.41) is 7.57. The van der Waals surface area contributed by atoms with Gasteiger partial charge in [0.2, 0.25) is 6.41 Å². The number of aryl methyl sites for hydroxylation is 2. The SMILES string of the molecule is CCc1ccc(N(C=O)C(=O)c2ccc3c4c(c(-c5cc(C(F)(F)F)cc(C(F)(F)F)c5)cc(C)c24)-c2ccccc2O3)cc1.O=CO. The number of carbonyl (C=O) groups is 3. The first-order valence-corrected chi connectivity index (χ1v) is 14.4. The Bertz CT molecular complexity index is 2020. The molecule has 1 aliphatic rings. The van der Waals surface area contributed by atoms with Gasteiger partial charge in [-0.25, -0.2) is 4.90 Å². The number of imide groups is 1. The molecule has 48 heavy (non-hydrogen) atoms. The second-order valence-electron chi connectivity index (χ2n) is 10.8. The van der Waals surface area contributed by atoms with Crippen LogP contribution in [0.5, 0.6) is 11.5 Å². The molecule has 2 amide bonds. The summed E-state index contributed by atoms with van der Waals surface area (Å²) in [5.41, 5.74) is -0.554. The van der Waals surface area contributed by atoms with Gasteiger partial charge in [-0.2, -0.15) is 26.3 Å². The molecule has 6 nitrogen and oxygen atoms in total. The van der Waals surface area contributed by atoms with Gasteiger partial charge in [-0.15, -0.1) is 0 Å². The number of carboxylic acid groups (broad SMARTS) is 1. The molecule has 0 aromatic heterocycles. The highest BCUT2D eigenvalue weighted by Gasteiger charge is 2.38. The summed E-state index contributed by atoms with van der Waals surface area (Å²) in [6.07, 6.45) is -8.94. The predicted octanol–water partition coefficient (Wildman–Crippen LogP) is 9.69. The molecule has 0 aliphatic carbocycles. The minimum absolute atomic E-state index is 0.0866. The molecule has 246 valence electrons. The highest BCUT2D eigenvalue weighted by molar-refractivity contribution is 6.24. The van der Waals surface area contributed by atoms with Crippen LogP contribution < -0.4 is 9.64 Å². The molecular formula is C36H25F6NO5. The molecule has 5 aromatic rings. The van der Waals surface area contributed by atoms with Gasteiger partial charge in [0, 0.05) is 27.5 Å². The summed E-state index contributed by atoms with van der Waals surface area (Å²) in [7, 11) is 0. The van der Waals surface area contributed by atoms with Gasteiger partial charge in [-0.05, 0) is 84.1 Å². The number of benzene rings is 5. The Balaban J connectivity index is 0.00000145. The first-order valence-electron chi connectivity index (χ1n) is 14.4. The van der Waals surface area contributed by atoms with E-state index >= 15 is 0 Å². The van der Waals surface area contributed by atoms with Gasteiger partial charge in [0.15, 0.2) is 0 Å². The number of amides is 2. The summed E-state index contributed by atoms with van der Waals surface area (Å²) in [5.74, 6) is -0.0721. The largest absolute Gasteiger partial charge is 0.483 e. The lowest BCUT2D eigenvalue weighted by atomic mass is 9.83. The van der Waals surface area contributed by atoms with E-state index in [1.54, 1.807) is 55.5 Å². The number of halogens is 6. The van der Waals surface area contributed by atoms with Crippen molar-refractivity contribution in [2.75, 3.05) is 4.90 Å². The zero-order valence-electron chi connectivity index (χ0n) is 25.2. The molecule has 1 heterocycles. The van der Waals surface area contributed by atoms with Crippen LogP contribution in [-0.2, 0) is 28.4 Å². The Hall–Kier alpha value is -5.65. The number of hydrogen-bond acceptors (Lipinski definition) is 4. The zero-order chi connectivity index (χ0) is 35.0. The summed E-state index contributed by atoms with van der Waals surface area (Å²) in [6, 6.07) is 19.4. The topological polar surface area (TPSA) is 83.9 Å². The van der Waals surface area contributed by atoms with Gasteiger partial charge in [0.25, 0.3) is 12.4 Å². The lowest BCUT2D eigenvalue weighted by Crippen LogP contribution is -2.29. The molecule has 0 fully saturated rings. The summed E-state index contributed by atoms with van der Waals surface area (Å²) >= 11 is 0. The van der Waals surface area contributed by atoms with E-state index in [-0.39, 0.29) is 35.0 Å². The zero-order valence-corrected chi connectivity index (χ0v) is 25.2. The Morgan fingerprint density at radius 3 is 1.96 bits per heavy atom. The molecule has 0 radical (unpaired) electrons. The van der Waals surface area contributed by atoms with Crippen molar-refractivity contribution in [1.29, 1.82) is 0 Å². The van der Waals surface area contributed by atoms with Gasteiger partial charge < -0.3 is 9.84 Å². The minimum Gasteiger partial charge on any atom is -0.483 e. The molecule has 1 aliphatic heterocycles. The number of carbonyl (C=O) groups excluding carboxylic acids is 2. The molecule has 5 aromatic carbocycles. The fourth-order valence-corrected chi connectivity index (χ4v) is 5.75. The maximum Gasteiger partial charge on any atom is 0.416 e. The summed E-state index contributed by atoms with van der Waals surface area (Å²) in [6.45, 7) is 3.32. The second-order valence-corrected chi connectivity index (χ2v) is 10.8. The first kappa shape index (κ1) is 33.7. The van der Waals surface area contributed by atoms with Crippen molar-refractivity contribution >= 4 is 35.2 Å². The maximum atomic E-state index is 13.9. The number of para-hydroxylation sites is 1. The van der Waals surface area contributed by atoms with E-state index in [0.717, 1.165) is 16.9 Å². The highest BCUT2D eigenvalue weighted by Crippen LogP contribution is 2.53. The van der Waals surface area contributed by atoms with Crippen LogP contribution in [0.2, 0.25) is 0 Å². The van der Waals surface area contributed by atoms with Crippen molar-refractivity contribution in [3.63, 3.8) is 0 Å². The lowest BCUT2D eigenvalue weighted by molar-refractivity contribution is -0.143. The van der Waals surface area contributed by atoms with E-state index < -0.39 is 29.4 Å². The van der Waals surface area contributed by atoms with E-state index in [9.17, 15) is 35.9 Å². The number of ether oxygens (including phenoxy) is 1. The van der Waals surface area contributed by atoms with Crippen LogP contribution in [0.1, 0.15) is 39.5 Å². The minimum atomic E-state index is -5.04. The molecule has 0 saturated heterocycles. The number of nitrogens with zero attached hydrogens (tertiary/aromatic N) is 1. The monoisotopic (exact) mass is 665 g/mol. The summed E-state index contributed by atoms with van der Waals surface area (Å²) < 4.78 is 89.3. The predicted molar refractivity (Wildman–Crippen MR) is 167 cm³/mol. The van der Waals surface area contributed by atoms with Crippen LogP contribution in [0.15, 0.2) is 84.9 Å². The molecular weight excluding hydrogens is 640 g/mol. The van der Waals surface area contributed by atoms with E-state index in [4.69, 9.17) is 14.6 Å². The van der Waals surface area contributed by atoms with Gasteiger partial charge in [0.1, 0.15) is 11.5 Å².